The van der Waals surface area contributed by atoms with E-state index in [1.807, 2.05) is 4.90 Å². The molecule has 1 saturated heterocycles. The van der Waals surface area contributed by atoms with Crippen LogP contribution >= 0.6 is 0 Å². The quantitative estimate of drug-likeness (QED) is 0.491. The van der Waals surface area contributed by atoms with Gasteiger partial charge in [0.25, 0.3) is 5.69 Å². The number of esters is 1. The number of carbonyl (C=O) groups excluding carboxylic acids is 2. The molecular weight excluding hydrogens is 338 g/mol. The number of hydrogen-bond donors (Lipinski definition) is 1. The van der Waals surface area contributed by atoms with E-state index < -0.39 is 11.0 Å². The molecule has 2 aliphatic rings. The lowest BCUT2D eigenvalue weighted by atomic mass is 9.85. The Labute approximate surface area is 151 Å². The number of nitro benzene ring substituents is 1. The van der Waals surface area contributed by atoms with E-state index in [0.717, 1.165) is 25.7 Å². The predicted octanol–water partition coefficient (Wildman–Crippen LogP) is 2.34. The number of rotatable bonds is 5. The lowest BCUT2D eigenvalue weighted by Crippen LogP contribution is -2.46. The molecule has 0 unspecified atom stereocenters. The van der Waals surface area contributed by atoms with E-state index in [-0.39, 0.29) is 35.8 Å². The Balaban J connectivity index is 1.74. The van der Waals surface area contributed by atoms with Crippen molar-refractivity contribution in [1.82, 2.24) is 4.90 Å². The van der Waals surface area contributed by atoms with Crippen LogP contribution in [0.3, 0.4) is 0 Å². The molecular formula is C18H23N3O5. The highest BCUT2D eigenvalue weighted by Gasteiger charge is 2.46. The molecule has 0 spiro atoms. The normalized spacial score (nSPS) is 25.3. The average Bonchev–Trinajstić information content (AvgIpc) is 3.00. The smallest absolute Gasteiger partial charge is 0.323 e. The molecule has 1 aromatic rings. The summed E-state index contributed by atoms with van der Waals surface area (Å²) in [4.78, 5) is 37.2. The fraction of sp³-hybridized carbons (Fsp3) is 0.556. The lowest BCUT2D eigenvalue weighted by Gasteiger charge is -2.32. The van der Waals surface area contributed by atoms with Crippen LogP contribution in [-0.4, -0.2) is 47.4 Å². The van der Waals surface area contributed by atoms with Gasteiger partial charge in [-0.2, -0.15) is 0 Å². The van der Waals surface area contributed by atoms with Gasteiger partial charge >= 0.3 is 5.97 Å². The third kappa shape index (κ3) is 3.70. The number of nitro groups is 1. The van der Waals surface area contributed by atoms with Crippen LogP contribution in [0.15, 0.2) is 24.3 Å². The Morgan fingerprint density at radius 1 is 1.31 bits per heavy atom. The van der Waals surface area contributed by atoms with Crippen molar-refractivity contribution < 1.29 is 19.2 Å². The number of anilines is 1. The van der Waals surface area contributed by atoms with Crippen molar-refractivity contribution in [3.8, 4) is 0 Å². The van der Waals surface area contributed by atoms with E-state index in [0.29, 0.717) is 12.3 Å². The summed E-state index contributed by atoms with van der Waals surface area (Å²) in [6, 6.07) is 5.79. The third-order valence-corrected chi connectivity index (χ3v) is 5.40. The number of carbonyl (C=O) groups is 2. The van der Waals surface area contributed by atoms with Crippen LogP contribution in [0.4, 0.5) is 11.4 Å². The zero-order chi connectivity index (χ0) is 18.7. The first-order valence-electron chi connectivity index (χ1n) is 8.88. The molecule has 1 N–H and O–H groups in total. The third-order valence-electron chi connectivity index (χ3n) is 5.40. The number of fused-ring (bicyclic) bond motifs is 1. The van der Waals surface area contributed by atoms with Crippen LogP contribution in [-0.2, 0) is 14.3 Å². The molecule has 3 rings (SSSR count). The fourth-order valence-corrected chi connectivity index (χ4v) is 4.24. The van der Waals surface area contributed by atoms with Crippen molar-refractivity contribution >= 4 is 23.3 Å². The number of nitrogens with zero attached hydrogens (tertiary/aromatic N) is 2. The number of methoxy groups -OCH3 is 1. The number of benzene rings is 1. The molecule has 8 heteroatoms. The Morgan fingerprint density at radius 3 is 2.77 bits per heavy atom. The molecule has 0 radical (unpaired) electrons. The van der Waals surface area contributed by atoms with Crippen LogP contribution in [0.5, 0.6) is 0 Å². The summed E-state index contributed by atoms with van der Waals surface area (Å²) in [5, 5.41) is 13.7. The summed E-state index contributed by atoms with van der Waals surface area (Å²) in [5.41, 5.74) is 0.0128. The van der Waals surface area contributed by atoms with Gasteiger partial charge in [0.1, 0.15) is 11.7 Å². The van der Waals surface area contributed by atoms with Gasteiger partial charge in [0, 0.05) is 12.1 Å². The molecule has 1 aliphatic carbocycles. The zero-order valence-electron chi connectivity index (χ0n) is 14.7. The summed E-state index contributed by atoms with van der Waals surface area (Å²) in [6.45, 7) is 0.0208. The van der Waals surface area contributed by atoms with Crippen LogP contribution < -0.4 is 5.32 Å². The van der Waals surface area contributed by atoms with Crippen LogP contribution in [0.2, 0.25) is 0 Å². The summed E-state index contributed by atoms with van der Waals surface area (Å²) < 4.78 is 4.92. The Bertz CT molecular complexity index is 708. The highest BCUT2D eigenvalue weighted by atomic mass is 16.6. The summed E-state index contributed by atoms with van der Waals surface area (Å²) in [5.74, 6) is -0.288. The van der Waals surface area contributed by atoms with E-state index in [1.54, 1.807) is 12.1 Å². The minimum Gasteiger partial charge on any atom is -0.468 e. The molecule has 8 nitrogen and oxygen atoms in total. The first kappa shape index (κ1) is 18.3. The number of amides is 1. The van der Waals surface area contributed by atoms with Crippen molar-refractivity contribution in [3.05, 3.63) is 34.4 Å². The number of hydrogen-bond acceptors (Lipinski definition) is 6. The van der Waals surface area contributed by atoms with Gasteiger partial charge in [-0.15, -0.1) is 0 Å². The molecule has 0 aromatic heterocycles. The van der Waals surface area contributed by atoms with Gasteiger partial charge in [-0.05, 0) is 31.2 Å². The molecule has 1 aromatic carbocycles. The summed E-state index contributed by atoms with van der Waals surface area (Å²) >= 11 is 0. The van der Waals surface area contributed by atoms with Gasteiger partial charge in [0.05, 0.1) is 18.6 Å². The molecule has 3 atom stereocenters. The predicted molar refractivity (Wildman–Crippen MR) is 94.6 cm³/mol. The molecule has 1 saturated carbocycles. The first-order valence-corrected chi connectivity index (χ1v) is 8.88. The van der Waals surface area contributed by atoms with Crippen LogP contribution in [0.1, 0.15) is 32.1 Å². The zero-order valence-corrected chi connectivity index (χ0v) is 14.7. The first-order chi connectivity index (χ1) is 12.5. The molecule has 1 heterocycles. The number of para-hydroxylation sites is 2. The van der Waals surface area contributed by atoms with Crippen molar-refractivity contribution in [2.24, 2.45) is 5.92 Å². The maximum atomic E-state index is 12.5. The topological polar surface area (TPSA) is 102 Å². The highest BCUT2D eigenvalue weighted by molar-refractivity contribution is 5.94. The van der Waals surface area contributed by atoms with Crippen molar-refractivity contribution in [2.45, 2.75) is 44.2 Å². The fourth-order valence-electron chi connectivity index (χ4n) is 4.24. The lowest BCUT2D eigenvalue weighted by molar-refractivity contribution is -0.383. The number of nitrogens with one attached hydrogen (secondary N) is 1. The average molecular weight is 361 g/mol. The second kappa shape index (κ2) is 7.82. The molecule has 1 aliphatic heterocycles. The summed E-state index contributed by atoms with van der Waals surface area (Å²) in [6.07, 6.45) is 4.94. The van der Waals surface area contributed by atoms with Gasteiger partial charge in [0.2, 0.25) is 5.91 Å². The van der Waals surface area contributed by atoms with Crippen molar-refractivity contribution in [3.63, 3.8) is 0 Å². The van der Waals surface area contributed by atoms with Gasteiger partial charge in [-0.1, -0.05) is 25.0 Å². The van der Waals surface area contributed by atoms with Gasteiger partial charge in [-0.3, -0.25) is 24.6 Å². The van der Waals surface area contributed by atoms with Crippen molar-refractivity contribution in [1.29, 1.82) is 0 Å². The van der Waals surface area contributed by atoms with Crippen LogP contribution in [0.25, 0.3) is 0 Å². The number of ether oxygens (including phenoxy) is 1. The highest BCUT2D eigenvalue weighted by Crippen LogP contribution is 2.40. The second-order valence-corrected chi connectivity index (χ2v) is 6.88. The number of likely N-dealkylation sites (tertiary alicyclic amines) is 1. The maximum absolute atomic E-state index is 12.5. The van der Waals surface area contributed by atoms with E-state index in [1.165, 1.54) is 19.2 Å². The minimum atomic E-state index is -0.528. The van der Waals surface area contributed by atoms with E-state index in [2.05, 4.69) is 5.32 Å². The van der Waals surface area contributed by atoms with Gasteiger partial charge < -0.3 is 10.1 Å². The van der Waals surface area contributed by atoms with Crippen LogP contribution in [0, 0.1) is 16.0 Å². The SMILES string of the molecule is COC(=O)[C@@H]1C[C@H]2CCCC[C@@H]2N1CC(=O)Nc1ccccc1[N+](=O)[O-]. The molecule has 140 valence electrons. The Hall–Kier alpha value is -2.48. The van der Waals surface area contributed by atoms with Gasteiger partial charge in [0.15, 0.2) is 0 Å². The van der Waals surface area contributed by atoms with E-state index in [4.69, 9.17) is 4.74 Å². The minimum absolute atomic E-state index is 0.0208. The second-order valence-electron chi connectivity index (χ2n) is 6.88. The molecule has 1 amide bonds. The van der Waals surface area contributed by atoms with Gasteiger partial charge in [-0.25, -0.2) is 0 Å². The maximum Gasteiger partial charge on any atom is 0.323 e. The molecule has 26 heavy (non-hydrogen) atoms. The Kier molecular flexibility index (Phi) is 5.51. The standard InChI is InChI=1S/C18H23N3O5/c1-26-18(23)16-10-12-6-2-4-8-14(12)20(16)11-17(22)19-13-7-3-5-9-15(13)21(24)25/h3,5,7,9,12,14,16H,2,4,6,8,10-11H2,1H3,(H,19,22)/t12-,14+,16+/m1/s1. The molecule has 2 fully saturated rings. The van der Waals surface area contributed by atoms with Crippen molar-refractivity contribution in [2.75, 3.05) is 19.0 Å². The van der Waals surface area contributed by atoms with E-state index >= 15 is 0 Å². The molecule has 0 bridgehead atoms. The monoisotopic (exact) mass is 361 g/mol. The largest absolute Gasteiger partial charge is 0.468 e. The van der Waals surface area contributed by atoms with E-state index in [9.17, 15) is 19.7 Å². The summed E-state index contributed by atoms with van der Waals surface area (Å²) in [7, 11) is 1.36. The Morgan fingerprint density at radius 2 is 2.04 bits per heavy atom.